The molecule has 110 valence electrons. The Bertz CT molecular complexity index is 394. The fourth-order valence-electron chi connectivity index (χ4n) is 1.82. The van der Waals surface area contributed by atoms with Gasteiger partial charge in [-0.25, -0.2) is 0 Å². The van der Waals surface area contributed by atoms with Gasteiger partial charge in [-0.1, -0.05) is 38.0 Å². The highest BCUT2D eigenvalue weighted by atomic mass is 16.2. The molecule has 0 aromatic rings. The molecule has 0 radical (unpaired) electrons. The number of carbonyl (C=O) groups is 1. The highest BCUT2D eigenvalue weighted by molar-refractivity contribution is 5.86. The summed E-state index contributed by atoms with van der Waals surface area (Å²) in [5, 5.41) is 0. The number of likely N-dealkylation sites (N-methyl/N-ethyl adjacent to an activating group) is 2. The number of rotatable bonds is 10. The molecule has 0 aromatic carbocycles. The van der Waals surface area contributed by atoms with Crippen LogP contribution in [0.25, 0.3) is 0 Å². The molecule has 0 aromatic heterocycles. The van der Waals surface area contributed by atoms with E-state index in [0.717, 1.165) is 18.8 Å². The highest BCUT2D eigenvalue weighted by Gasteiger charge is 2.10. The van der Waals surface area contributed by atoms with Crippen molar-refractivity contribution in [1.29, 1.82) is 0 Å². The summed E-state index contributed by atoms with van der Waals surface area (Å²) in [6.07, 6.45) is 10.7. The smallest absolute Gasteiger partial charge is 0.246 e. The number of carbonyl (C=O) groups excluding carboxylic acids is 1. The van der Waals surface area contributed by atoms with Crippen molar-refractivity contribution in [1.82, 2.24) is 9.80 Å². The lowest BCUT2D eigenvalue weighted by atomic mass is 10.3. The summed E-state index contributed by atoms with van der Waals surface area (Å²) in [4.78, 5) is 15.6. The van der Waals surface area contributed by atoms with Gasteiger partial charge in [-0.2, -0.15) is 0 Å². The van der Waals surface area contributed by atoms with E-state index in [1.807, 2.05) is 25.2 Å². The lowest BCUT2D eigenvalue weighted by molar-refractivity contribution is -0.126. The summed E-state index contributed by atoms with van der Waals surface area (Å²) in [5.74, 6) is -0.0283. The Balaban J connectivity index is 4.81. The van der Waals surface area contributed by atoms with E-state index in [-0.39, 0.29) is 5.91 Å². The van der Waals surface area contributed by atoms with E-state index in [4.69, 9.17) is 0 Å². The maximum Gasteiger partial charge on any atom is 0.246 e. The molecule has 0 rings (SSSR count). The summed E-state index contributed by atoms with van der Waals surface area (Å²) in [6, 6.07) is 0. The van der Waals surface area contributed by atoms with Crippen LogP contribution in [0.4, 0.5) is 0 Å². The number of hydrogen-bond donors (Lipinski definition) is 0. The summed E-state index contributed by atoms with van der Waals surface area (Å²) in [6.45, 7) is 18.0. The maximum atomic E-state index is 11.6. The van der Waals surface area contributed by atoms with Crippen LogP contribution in [-0.2, 0) is 4.79 Å². The van der Waals surface area contributed by atoms with Crippen molar-refractivity contribution in [3.63, 3.8) is 0 Å². The predicted octanol–water partition coefficient (Wildman–Crippen LogP) is 3.15. The van der Waals surface area contributed by atoms with Crippen molar-refractivity contribution in [3.8, 4) is 0 Å². The van der Waals surface area contributed by atoms with Gasteiger partial charge in [-0.05, 0) is 32.1 Å². The Kier molecular flexibility index (Phi) is 9.75. The number of amides is 1. The van der Waals surface area contributed by atoms with E-state index in [9.17, 15) is 4.79 Å². The second kappa shape index (κ2) is 10.9. The largest absolute Gasteiger partial charge is 0.370 e. The number of allylic oxidation sites excluding steroid dienone is 5. The van der Waals surface area contributed by atoms with Crippen LogP contribution in [0.3, 0.4) is 0 Å². The molecule has 0 saturated carbocycles. The molecule has 3 heteroatoms. The van der Waals surface area contributed by atoms with Crippen molar-refractivity contribution in [2.24, 2.45) is 0 Å². The zero-order valence-electron chi connectivity index (χ0n) is 12.7. The minimum absolute atomic E-state index is 0.0283. The maximum absolute atomic E-state index is 11.6. The molecule has 20 heavy (non-hydrogen) atoms. The van der Waals surface area contributed by atoms with Gasteiger partial charge < -0.3 is 9.80 Å². The lowest BCUT2D eigenvalue weighted by Crippen LogP contribution is -2.37. The molecule has 0 heterocycles. The topological polar surface area (TPSA) is 23.6 Å². The van der Waals surface area contributed by atoms with Crippen molar-refractivity contribution in [3.05, 3.63) is 61.9 Å². The zero-order valence-corrected chi connectivity index (χ0v) is 12.7. The Hall–Kier alpha value is -2.03. The molecule has 0 aliphatic heterocycles. The van der Waals surface area contributed by atoms with Crippen molar-refractivity contribution in [2.45, 2.75) is 13.8 Å². The number of hydrogen-bond acceptors (Lipinski definition) is 2. The van der Waals surface area contributed by atoms with E-state index in [2.05, 4.69) is 31.6 Å². The average molecular weight is 274 g/mol. The van der Waals surface area contributed by atoms with Gasteiger partial charge in [0.25, 0.3) is 0 Å². The molecule has 1 amide bonds. The van der Waals surface area contributed by atoms with Crippen LogP contribution in [0.2, 0.25) is 0 Å². The molecule has 0 atom stereocenters. The Labute approximate surface area is 123 Å². The molecule has 3 nitrogen and oxygen atoms in total. The first-order chi connectivity index (χ1) is 9.64. The predicted molar refractivity (Wildman–Crippen MR) is 87.3 cm³/mol. The minimum Gasteiger partial charge on any atom is -0.370 e. The monoisotopic (exact) mass is 274 g/mol. The van der Waals surface area contributed by atoms with Gasteiger partial charge in [-0.3, -0.25) is 4.79 Å². The van der Waals surface area contributed by atoms with E-state index in [1.165, 1.54) is 6.08 Å². The minimum atomic E-state index is -0.0283. The second-order valence-corrected chi connectivity index (χ2v) is 4.12. The van der Waals surface area contributed by atoms with Crippen molar-refractivity contribution >= 4 is 5.91 Å². The Morgan fingerprint density at radius 2 is 1.60 bits per heavy atom. The Morgan fingerprint density at radius 1 is 1.00 bits per heavy atom. The fourth-order valence-corrected chi connectivity index (χ4v) is 1.82. The van der Waals surface area contributed by atoms with Crippen molar-refractivity contribution in [2.75, 3.05) is 26.2 Å². The normalized spacial score (nSPS) is 11.2. The van der Waals surface area contributed by atoms with Crippen LogP contribution < -0.4 is 0 Å². The molecule has 0 bridgehead atoms. The van der Waals surface area contributed by atoms with Crippen LogP contribution >= 0.6 is 0 Å². The summed E-state index contributed by atoms with van der Waals surface area (Å²) < 4.78 is 0. The molecule has 0 unspecified atom stereocenters. The molecular formula is C17H26N2O. The first-order valence-corrected chi connectivity index (χ1v) is 6.92. The Morgan fingerprint density at radius 3 is 2.05 bits per heavy atom. The highest BCUT2D eigenvalue weighted by Crippen LogP contribution is 2.07. The fraction of sp³-hybridized carbons (Fsp3) is 0.353. The molecular weight excluding hydrogens is 248 g/mol. The first kappa shape index (κ1) is 18.0. The quantitative estimate of drug-likeness (QED) is 0.451. The van der Waals surface area contributed by atoms with Crippen molar-refractivity contribution < 1.29 is 4.79 Å². The molecule has 0 aliphatic rings. The van der Waals surface area contributed by atoms with Gasteiger partial charge in [0.2, 0.25) is 5.91 Å². The van der Waals surface area contributed by atoms with Gasteiger partial charge >= 0.3 is 0 Å². The SMILES string of the molecule is C=C/C=C\C(=C/C=C)N(CC)CCN(CC)C(=O)C=C. The summed E-state index contributed by atoms with van der Waals surface area (Å²) in [7, 11) is 0. The van der Waals surface area contributed by atoms with Crippen LogP contribution in [-0.4, -0.2) is 41.9 Å². The van der Waals surface area contributed by atoms with Crippen LogP contribution in [0, 0.1) is 0 Å². The van der Waals surface area contributed by atoms with E-state index >= 15 is 0 Å². The van der Waals surface area contributed by atoms with Gasteiger partial charge in [0.15, 0.2) is 0 Å². The zero-order chi connectivity index (χ0) is 15.4. The third-order valence-electron chi connectivity index (χ3n) is 2.95. The van der Waals surface area contributed by atoms with Gasteiger partial charge in [0.1, 0.15) is 0 Å². The van der Waals surface area contributed by atoms with Crippen LogP contribution in [0.5, 0.6) is 0 Å². The second-order valence-electron chi connectivity index (χ2n) is 4.12. The van der Waals surface area contributed by atoms with Gasteiger partial charge in [-0.15, -0.1) is 0 Å². The van der Waals surface area contributed by atoms with Gasteiger partial charge in [0.05, 0.1) is 0 Å². The van der Waals surface area contributed by atoms with Crippen LogP contribution in [0.15, 0.2) is 61.9 Å². The van der Waals surface area contributed by atoms with E-state index < -0.39 is 0 Å². The third kappa shape index (κ3) is 6.23. The molecule has 0 fully saturated rings. The van der Waals surface area contributed by atoms with E-state index in [1.54, 1.807) is 17.1 Å². The molecule has 0 aliphatic carbocycles. The first-order valence-electron chi connectivity index (χ1n) is 6.92. The van der Waals surface area contributed by atoms with E-state index in [0.29, 0.717) is 13.1 Å². The molecule has 0 spiro atoms. The van der Waals surface area contributed by atoms with Gasteiger partial charge in [0, 0.05) is 31.9 Å². The van der Waals surface area contributed by atoms with Crippen LogP contribution in [0.1, 0.15) is 13.8 Å². The average Bonchev–Trinajstić information content (AvgIpc) is 2.48. The molecule has 0 N–H and O–H groups in total. The summed E-state index contributed by atoms with van der Waals surface area (Å²) in [5.41, 5.74) is 1.06. The lowest BCUT2D eigenvalue weighted by Gasteiger charge is -2.28. The molecule has 0 saturated heterocycles. The standard InChI is InChI=1S/C17H26N2O/c1-6-11-13-16(12-7-2)18(9-4)14-15-19(10-5)17(20)8-3/h6-8,11-13H,1-3,9-10,14-15H2,4-5H3/b13-11-,16-12+. The number of nitrogens with zero attached hydrogens (tertiary/aromatic N) is 2. The summed E-state index contributed by atoms with van der Waals surface area (Å²) >= 11 is 0. The third-order valence-corrected chi connectivity index (χ3v) is 2.95.